The van der Waals surface area contributed by atoms with Crippen molar-refractivity contribution in [2.24, 2.45) is 5.92 Å². The molecule has 0 aliphatic carbocycles. The van der Waals surface area contributed by atoms with E-state index < -0.39 is 5.54 Å². The lowest BCUT2D eigenvalue weighted by atomic mass is 9.90. The van der Waals surface area contributed by atoms with Gasteiger partial charge in [-0.3, -0.25) is 4.79 Å². The Hall–Kier alpha value is -3.00. The molecule has 0 spiro atoms. The van der Waals surface area contributed by atoms with Crippen molar-refractivity contribution in [1.29, 1.82) is 5.26 Å². The van der Waals surface area contributed by atoms with E-state index in [1.165, 1.54) is 0 Å². The molecule has 26 heavy (non-hydrogen) atoms. The van der Waals surface area contributed by atoms with E-state index >= 15 is 0 Å². The molecule has 136 valence electrons. The van der Waals surface area contributed by atoms with E-state index in [-0.39, 0.29) is 18.4 Å². The molecule has 0 aromatic heterocycles. The molecule has 1 atom stereocenters. The summed E-state index contributed by atoms with van der Waals surface area (Å²) in [6, 6.07) is 19.2. The number of carbonyl (C=O) groups excluding carboxylic acids is 1. The lowest BCUT2D eigenvalue weighted by molar-refractivity contribution is -0.121. The van der Waals surface area contributed by atoms with Crippen LogP contribution in [0.5, 0.6) is 11.5 Å². The zero-order valence-corrected chi connectivity index (χ0v) is 15.7. The molecule has 5 nitrogen and oxygen atoms in total. The van der Waals surface area contributed by atoms with Crippen molar-refractivity contribution >= 4 is 11.6 Å². The molecule has 5 heteroatoms. The van der Waals surface area contributed by atoms with Crippen LogP contribution in [0.2, 0.25) is 0 Å². The molecule has 2 aromatic rings. The van der Waals surface area contributed by atoms with E-state index in [1.807, 2.05) is 80.4 Å². The Morgan fingerprint density at radius 2 is 1.81 bits per heavy atom. The molecule has 1 unspecified atom stereocenters. The molecule has 1 N–H and O–H groups in total. The third-order valence-corrected chi connectivity index (χ3v) is 4.41. The monoisotopic (exact) mass is 351 g/mol. The minimum atomic E-state index is -0.891. The second-order valence-electron chi connectivity index (χ2n) is 6.76. The Morgan fingerprint density at radius 1 is 1.19 bits per heavy atom. The van der Waals surface area contributed by atoms with Crippen molar-refractivity contribution in [3.8, 4) is 17.6 Å². The van der Waals surface area contributed by atoms with Crippen LogP contribution in [-0.2, 0) is 4.79 Å². The van der Waals surface area contributed by atoms with E-state index in [2.05, 4.69) is 11.4 Å². The fraction of sp³-hybridized carbons (Fsp3) is 0.333. The molecule has 0 heterocycles. The quantitative estimate of drug-likeness (QED) is 0.820. The number of nitriles is 1. The lowest BCUT2D eigenvalue weighted by Crippen LogP contribution is -2.51. The van der Waals surface area contributed by atoms with Crippen molar-refractivity contribution in [2.45, 2.75) is 26.3 Å². The highest BCUT2D eigenvalue weighted by Gasteiger charge is 2.30. The Balaban J connectivity index is 2.11. The number of nitrogens with zero attached hydrogens (tertiary/aromatic N) is 2. The number of rotatable bonds is 7. The summed E-state index contributed by atoms with van der Waals surface area (Å²) in [6.07, 6.45) is 0. The third-order valence-electron chi connectivity index (χ3n) is 4.41. The average Bonchev–Trinajstić information content (AvgIpc) is 2.62. The van der Waals surface area contributed by atoms with Gasteiger partial charge in [0.2, 0.25) is 5.91 Å². The van der Waals surface area contributed by atoms with Crippen LogP contribution in [0.3, 0.4) is 0 Å². The summed E-state index contributed by atoms with van der Waals surface area (Å²) in [5, 5.41) is 12.2. The Labute approximate surface area is 155 Å². The number of para-hydroxylation sites is 3. The largest absolute Gasteiger partial charge is 0.455 e. The Kier molecular flexibility index (Phi) is 6.24. The molecule has 1 amide bonds. The van der Waals surface area contributed by atoms with Crippen LogP contribution in [0.4, 0.5) is 5.69 Å². The Morgan fingerprint density at radius 3 is 2.42 bits per heavy atom. The summed E-state index contributed by atoms with van der Waals surface area (Å²) in [7, 11) is 1.83. The average molecular weight is 351 g/mol. The van der Waals surface area contributed by atoms with Gasteiger partial charge in [0, 0.05) is 7.05 Å². The number of hydrogen-bond acceptors (Lipinski definition) is 4. The molecule has 0 aliphatic heterocycles. The summed E-state index contributed by atoms with van der Waals surface area (Å²) >= 11 is 0. The molecule has 0 bridgehead atoms. The van der Waals surface area contributed by atoms with Crippen molar-refractivity contribution in [2.75, 3.05) is 18.5 Å². The predicted molar refractivity (Wildman–Crippen MR) is 103 cm³/mol. The van der Waals surface area contributed by atoms with Crippen LogP contribution in [0.15, 0.2) is 54.6 Å². The molecule has 2 aromatic carbocycles. The van der Waals surface area contributed by atoms with Gasteiger partial charge in [0.05, 0.1) is 18.3 Å². The van der Waals surface area contributed by atoms with Crippen LogP contribution in [0.1, 0.15) is 20.8 Å². The molecule has 0 fully saturated rings. The first-order valence-electron chi connectivity index (χ1n) is 8.61. The van der Waals surface area contributed by atoms with Crippen LogP contribution < -0.4 is 15.0 Å². The topological polar surface area (TPSA) is 65.4 Å². The number of amides is 1. The SMILES string of the molecule is CC(C)C(C)(C#N)NC(=O)CN(C)c1ccccc1Oc1ccccc1. The van der Waals surface area contributed by atoms with Crippen molar-refractivity contribution in [3.05, 3.63) is 54.6 Å². The molecule has 0 saturated carbocycles. The zero-order chi connectivity index (χ0) is 19.2. The first-order valence-corrected chi connectivity index (χ1v) is 8.61. The molecule has 0 aliphatic rings. The number of likely N-dealkylation sites (N-methyl/N-ethyl adjacent to an activating group) is 1. The van der Waals surface area contributed by atoms with Crippen LogP contribution >= 0.6 is 0 Å². The summed E-state index contributed by atoms with van der Waals surface area (Å²) in [6.45, 7) is 5.69. The maximum absolute atomic E-state index is 12.4. The summed E-state index contributed by atoms with van der Waals surface area (Å²) in [5.41, 5.74) is -0.0902. The number of benzene rings is 2. The standard InChI is InChI=1S/C21H25N3O2/c1-16(2)21(3,15-22)23-20(25)14-24(4)18-12-8-9-13-19(18)26-17-10-6-5-7-11-17/h5-13,16H,14H2,1-4H3,(H,23,25). The van der Waals surface area contributed by atoms with Crippen molar-refractivity contribution in [3.63, 3.8) is 0 Å². The van der Waals surface area contributed by atoms with Crippen LogP contribution in [-0.4, -0.2) is 25.0 Å². The molecular weight excluding hydrogens is 326 g/mol. The first kappa shape index (κ1) is 19.3. The second kappa shape index (κ2) is 8.39. The van der Waals surface area contributed by atoms with Crippen molar-refractivity contribution < 1.29 is 9.53 Å². The Bertz CT molecular complexity index is 783. The maximum Gasteiger partial charge on any atom is 0.240 e. The van der Waals surface area contributed by atoms with Gasteiger partial charge in [-0.05, 0) is 37.1 Å². The van der Waals surface area contributed by atoms with E-state index in [9.17, 15) is 10.1 Å². The van der Waals surface area contributed by atoms with Gasteiger partial charge in [0.15, 0.2) is 5.75 Å². The number of carbonyl (C=O) groups is 1. The second-order valence-corrected chi connectivity index (χ2v) is 6.76. The number of ether oxygens (including phenoxy) is 1. The first-order chi connectivity index (χ1) is 12.4. The fourth-order valence-electron chi connectivity index (χ4n) is 2.41. The van der Waals surface area contributed by atoms with Crippen LogP contribution in [0.25, 0.3) is 0 Å². The fourth-order valence-corrected chi connectivity index (χ4v) is 2.41. The molecule has 0 saturated heterocycles. The third kappa shape index (κ3) is 4.76. The summed E-state index contributed by atoms with van der Waals surface area (Å²) < 4.78 is 5.95. The highest BCUT2D eigenvalue weighted by Crippen LogP contribution is 2.31. The lowest BCUT2D eigenvalue weighted by Gasteiger charge is -2.29. The van der Waals surface area contributed by atoms with Crippen molar-refractivity contribution in [1.82, 2.24) is 5.32 Å². The highest BCUT2D eigenvalue weighted by atomic mass is 16.5. The molecule has 0 radical (unpaired) electrons. The minimum absolute atomic E-state index is 0.00968. The van der Waals surface area contributed by atoms with Gasteiger partial charge in [0.1, 0.15) is 11.3 Å². The minimum Gasteiger partial charge on any atom is -0.455 e. The summed E-state index contributed by atoms with van der Waals surface area (Å²) in [5.74, 6) is 1.20. The van der Waals surface area contributed by atoms with E-state index in [0.29, 0.717) is 5.75 Å². The maximum atomic E-state index is 12.4. The highest BCUT2D eigenvalue weighted by molar-refractivity contribution is 5.83. The van der Waals surface area contributed by atoms with Gasteiger partial charge in [-0.1, -0.05) is 44.2 Å². The normalized spacial score (nSPS) is 12.8. The van der Waals surface area contributed by atoms with E-state index in [1.54, 1.807) is 6.92 Å². The van der Waals surface area contributed by atoms with Gasteiger partial charge in [-0.25, -0.2) is 0 Å². The molecular formula is C21H25N3O2. The van der Waals surface area contributed by atoms with Crippen LogP contribution in [0, 0.1) is 17.2 Å². The van der Waals surface area contributed by atoms with Gasteiger partial charge >= 0.3 is 0 Å². The summed E-state index contributed by atoms with van der Waals surface area (Å²) in [4.78, 5) is 14.2. The van der Waals surface area contributed by atoms with E-state index in [4.69, 9.17) is 4.74 Å². The van der Waals surface area contributed by atoms with Gasteiger partial charge < -0.3 is 15.0 Å². The number of hydrogen-bond donors (Lipinski definition) is 1. The number of nitrogens with one attached hydrogen (secondary N) is 1. The van der Waals surface area contributed by atoms with Gasteiger partial charge in [-0.2, -0.15) is 5.26 Å². The smallest absolute Gasteiger partial charge is 0.240 e. The van der Waals surface area contributed by atoms with E-state index in [0.717, 1.165) is 11.4 Å². The number of anilines is 1. The zero-order valence-electron chi connectivity index (χ0n) is 15.7. The van der Waals surface area contributed by atoms with Gasteiger partial charge in [-0.15, -0.1) is 0 Å². The predicted octanol–water partition coefficient (Wildman–Crippen LogP) is 3.97. The molecule has 2 rings (SSSR count). The van der Waals surface area contributed by atoms with Gasteiger partial charge in [0.25, 0.3) is 0 Å².